The van der Waals surface area contributed by atoms with Crippen molar-refractivity contribution in [1.29, 1.82) is 0 Å². The highest BCUT2D eigenvalue weighted by atomic mass is 35.5. The van der Waals surface area contributed by atoms with Gasteiger partial charge in [0.25, 0.3) is 5.91 Å². The van der Waals surface area contributed by atoms with Crippen LogP contribution in [0.1, 0.15) is 0 Å². The molecule has 1 atom stereocenters. The number of benzene rings is 1. The van der Waals surface area contributed by atoms with Crippen LogP contribution in [0.4, 0.5) is 0 Å². The molecule has 0 aliphatic heterocycles. The lowest BCUT2D eigenvalue weighted by Crippen LogP contribution is -2.45. The molecule has 19 heavy (non-hydrogen) atoms. The second kappa shape index (κ2) is 7.60. The van der Waals surface area contributed by atoms with Crippen LogP contribution in [0.25, 0.3) is 0 Å². The second-order valence-electron chi connectivity index (χ2n) is 3.54. The van der Waals surface area contributed by atoms with Crippen molar-refractivity contribution in [3.05, 3.63) is 29.3 Å². The van der Waals surface area contributed by atoms with E-state index in [9.17, 15) is 9.59 Å². The summed E-state index contributed by atoms with van der Waals surface area (Å²) in [4.78, 5) is 22.7. The van der Waals surface area contributed by atoms with Gasteiger partial charge in [0, 0.05) is 0 Å². The smallest absolute Gasteiger partial charge is 0.330 e. The van der Waals surface area contributed by atoms with E-state index in [2.05, 4.69) is 10.1 Å². The number of amides is 1. The highest BCUT2D eigenvalue weighted by molar-refractivity contribution is 6.32. The van der Waals surface area contributed by atoms with Gasteiger partial charge in [-0.25, -0.2) is 4.79 Å². The number of para-hydroxylation sites is 1. The molecule has 0 aliphatic carbocycles. The molecule has 1 unspecified atom stereocenters. The fraction of sp³-hybridized carbons (Fsp3) is 0.333. The van der Waals surface area contributed by atoms with Gasteiger partial charge in [0.05, 0.1) is 18.7 Å². The average Bonchev–Trinajstić information content (AvgIpc) is 2.43. The second-order valence-corrected chi connectivity index (χ2v) is 3.95. The van der Waals surface area contributed by atoms with Crippen LogP contribution < -0.4 is 10.1 Å². The van der Waals surface area contributed by atoms with E-state index in [-0.39, 0.29) is 6.61 Å². The molecule has 1 aromatic rings. The van der Waals surface area contributed by atoms with E-state index >= 15 is 0 Å². The van der Waals surface area contributed by atoms with Gasteiger partial charge in [-0.3, -0.25) is 4.79 Å². The number of aliphatic hydroxyl groups excluding tert-OH is 1. The lowest BCUT2D eigenvalue weighted by atomic mass is 10.3. The molecule has 1 rings (SSSR count). The van der Waals surface area contributed by atoms with Gasteiger partial charge in [0.2, 0.25) is 0 Å². The van der Waals surface area contributed by atoms with Crippen LogP contribution in [0, 0.1) is 0 Å². The molecule has 7 heteroatoms. The van der Waals surface area contributed by atoms with Gasteiger partial charge in [-0.2, -0.15) is 0 Å². The van der Waals surface area contributed by atoms with Crippen LogP contribution in [0.3, 0.4) is 0 Å². The lowest BCUT2D eigenvalue weighted by Gasteiger charge is -2.14. The standard InChI is InChI=1S/C12H14ClNO5/c1-18-12(17)9(6-15)14-11(16)7-19-10-5-3-2-4-8(10)13/h2-5,9,15H,6-7H2,1H3,(H,14,16). The van der Waals surface area contributed by atoms with Crippen molar-refractivity contribution in [3.8, 4) is 5.75 Å². The van der Waals surface area contributed by atoms with Crippen molar-refractivity contribution in [2.24, 2.45) is 0 Å². The molecule has 0 spiro atoms. The number of rotatable bonds is 6. The largest absolute Gasteiger partial charge is 0.482 e. The molecule has 0 bridgehead atoms. The van der Waals surface area contributed by atoms with Gasteiger partial charge in [0.15, 0.2) is 12.6 Å². The Morgan fingerprint density at radius 2 is 2.11 bits per heavy atom. The van der Waals surface area contributed by atoms with Crippen molar-refractivity contribution in [2.45, 2.75) is 6.04 Å². The van der Waals surface area contributed by atoms with Gasteiger partial charge in [-0.1, -0.05) is 23.7 Å². The number of hydrogen-bond acceptors (Lipinski definition) is 5. The summed E-state index contributed by atoms with van der Waals surface area (Å²) < 4.78 is 9.59. The highest BCUT2D eigenvalue weighted by Crippen LogP contribution is 2.22. The number of ether oxygens (including phenoxy) is 2. The number of methoxy groups -OCH3 is 1. The van der Waals surface area contributed by atoms with Crippen molar-refractivity contribution in [1.82, 2.24) is 5.32 Å². The topological polar surface area (TPSA) is 84.9 Å². The van der Waals surface area contributed by atoms with E-state index in [0.29, 0.717) is 10.8 Å². The molecule has 6 nitrogen and oxygen atoms in total. The highest BCUT2D eigenvalue weighted by Gasteiger charge is 2.20. The van der Waals surface area contributed by atoms with Gasteiger partial charge in [-0.15, -0.1) is 0 Å². The Morgan fingerprint density at radius 1 is 1.42 bits per heavy atom. The van der Waals surface area contributed by atoms with Crippen LogP contribution in [0.2, 0.25) is 5.02 Å². The van der Waals surface area contributed by atoms with Crippen LogP contribution in [-0.4, -0.2) is 43.3 Å². The summed E-state index contributed by atoms with van der Waals surface area (Å²) in [5, 5.41) is 11.6. The van der Waals surface area contributed by atoms with Gasteiger partial charge in [0.1, 0.15) is 5.75 Å². The van der Waals surface area contributed by atoms with Crippen LogP contribution in [0.5, 0.6) is 5.75 Å². The predicted molar refractivity (Wildman–Crippen MR) is 68.0 cm³/mol. The molecule has 2 N–H and O–H groups in total. The summed E-state index contributed by atoms with van der Waals surface area (Å²) in [7, 11) is 1.16. The number of nitrogens with one attached hydrogen (secondary N) is 1. The first-order valence-corrected chi connectivity index (χ1v) is 5.81. The maximum atomic E-state index is 11.5. The predicted octanol–water partition coefficient (Wildman–Crippen LogP) is 0.369. The molecule has 0 heterocycles. The minimum absolute atomic E-state index is 0.322. The Labute approximate surface area is 115 Å². The third-order valence-corrected chi connectivity index (χ3v) is 2.51. The minimum atomic E-state index is -1.10. The number of hydrogen-bond donors (Lipinski definition) is 2. The number of esters is 1. The van der Waals surface area contributed by atoms with E-state index in [1.165, 1.54) is 0 Å². The molecular weight excluding hydrogens is 274 g/mol. The summed E-state index contributed by atoms with van der Waals surface area (Å²) in [6.45, 7) is -0.873. The zero-order chi connectivity index (χ0) is 14.3. The van der Waals surface area contributed by atoms with Crippen molar-refractivity contribution >= 4 is 23.5 Å². The Balaban J connectivity index is 2.48. The summed E-state index contributed by atoms with van der Waals surface area (Å²) in [6, 6.07) is 5.57. The van der Waals surface area contributed by atoms with E-state index in [0.717, 1.165) is 7.11 Å². The number of halogens is 1. The van der Waals surface area contributed by atoms with Crippen molar-refractivity contribution in [3.63, 3.8) is 0 Å². The molecule has 1 amide bonds. The summed E-state index contributed by atoms with van der Waals surface area (Å²) in [6.07, 6.45) is 0. The fourth-order valence-electron chi connectivity index (χ4n) is 1.26. The average molecular weight is 288 g/mol. The maximum absolute atomic E-state index is 11.5. The summed E-state index contributed by atoms with van der Waals surface area (Å²) in [5.74, 6) is -0.934. The lowest BCUT2D eigenvalue weighted by molar-refractivity contribution is -0.146. The Kier molecular flexibility index (Phi) is 6.11. The van der Waals surface area contributed by atoms with E-state index in [4.69, 9.17) is 21.4 Å². The number of carbonyl (C=O) groups excluding carboxylic acids is 2. The summed E-state index contributed by atoms with van der Waals surface area (Å²) >= 11 is 5.84. The van der Waals surface area contributed by atoms with E-state index < -0.39 is 24.5 Å². The zero-order valence-electron chi connectivity index (χ0n) is 10.3. The molecule has 0 fully saturated rings. The van der Waals surface area contributed by atoms with Crippen molar-refractivity contribution in [2.75, 3.05) is 20.3 Å². The third-order valence-electron chi connectivity index (χ3n) is 2.20. The van der Waals surface area contributed by atoms with Gasteiger partial charge in [-0.05, 0) is 12.1 Å². The van der Waals surface area contributed by atoms with Crippen LogP contribution >= 0.6 is 11.6 Å². The Hall–Kier alpha value is -1.79. The fourth-order valence-corrected chi connectivity index (χ4v) is 1.45. The quantitative estimate of drug-likeness (QED) is 0.739. The Bertz CT molecular complexity index is 452. The molecule has 104 valence electrons. The van der Waals surface area contributed by atoms with Gasteiger partial charge < -0.3 is 19.9 Å². The van der Waals surface area contributed by atoms with Crippen molar-refractivity contribution < 1.29 is 24.2 Å². The Morgan fingerprint density at radius 3 is 2.68 bits per heavy atom. The first kappa shape index (κ1) is 15.3. The molecular formula is C12H14ClNO5. The molecule has 1 aromatic carbocycles. The van der Waals surface area contributed by atoms with Gasteiger partial charge >= 0.3 is 5.97 Å². The molecule has 0 aliphatic rings. The molecule has 0 saturated carbocycles. The van der Waals surface area contributed by atoms with Crippen LogP contribution in [0.15, 0.2) is 24.3 Å². The molecule has 0 radical (unpaired) electrons. The number of aliphatic hydroxyl groups is 1. The van der Waals surface area contributed by atoms with Crippen LogP contribution in [-0.2, 0) is 14.3 Å². The first-order chi connectivity index (χ1) is 9.08. The summed E-state index contributed by atoms with van der Waals surface area (Å²) in [5.41, 5.74) is 0. The third kappa shape index (κ3) is 4.76. The minimum Gasteiger partial charge on any atom is -0.482 e. The zero-order valence-corrected chi connectivity index (χ0v) is 11.0. The first-order valence-electron chi connectivity index (χ1n) is 5.44. The molecule has 0 saturated heterocycles. The van der Waals surface area contributed by atoms with E-state index in [1.807, 2.05) is 0 Å². The monoisotopic (exact) mass is 287 g/mol. The normalized spacial score (nSPS) is 11.5. The SMILES string of the molecule is COC(=O)C(CO)NC(=O)COc1ccccc1Cl. The molecule has 0 aromatic heterocycles. The van der Waals surface area contributed by atoms with E-state index in [1.54, 1.807) is 24.3 Å². The number of carbonyl (C=O) groups is 2. The maximum Gasteiger partial charge on any atom is 0.330 e.